The van der Waals surface area contributed by atoms with Crippen LogP contribution in [-0.4, -0.2) is 15.5 Å². The number of benzene rings is 1. The van der Waals surface area contributed by atoms with Crippen LogP contribution in [0.15, 0.2) is 24.3 Å². The number of nitrogens with zero attached hydrogens (tertiary/aromatic N) is 2. The monoisotopic (exact) mass is 248 g/mol. The predicted octanol–water partition coefficient (Wildman–Crippen LogP) is 1.70. The Morgan fingerprint density at radius 2 is 2.22 bits per heavy atom. The number of imidazole rings is 1. The molecule has 0 bridgehead atoms. The second-order valence-corrected chi connectivity index (χ2v) is 3.92. The van der Waals surface area contributed by atoms with Gasteiger partial charge in [0.05, 0.1) is 0 Å². The van der Waals surface area contributed by atoms with Crippen molar-refractivity contribution in [1.82, 2.24) is 9.55 Å². The van der Waals surface area contributed by atoms with E-state index in [1.807, 2.05) is 0 Å². The fourth-order valence-electron chi connectivity index (χ4n) is 1.66. The molecule has 18 heavy (non-hydrogen) atoms. The number of halogens is 1. The molecule has 0 radical (unpaired) electrons. The number of aryl methyl sites for hydroxylation is 1. The zero-order valence-electron chi connectivity index (χ0n) is 10.1. The molecule has 0 aliphatic rings. The molecule has 0 aliphatic carbocycles. The minimum atomic E-state index is -0.416. The number of hydrogen-bond acceptors (Lipinski definition) is 3. The molecule has 1 aromatic carbocycles. The second-order valence-electron chi connectivity index (χ2n) is 3.92. The van der Waals surface area contributed by atoms with Gasteiger partial charge in [0.25, 0.3) is 5.91 Å². The van der Waals surface area contributed by atoms with Gasteiger partial charge < -0.3 is 15.6 Å². The van der Waals surface area contributed by atoms with Crippen molar-refractivity contribution >= 4 is 17.4 Å². The van der Waals surface area contributed by atoms with Crippen molar-refractivity contribution in [2.75, 3.05) is 11.1 Å². The highest BCUT2D eigenvalue weighted by Crippen LogP contribution is 2.15. The molecular weight excluding hydrogens is 235 g/mol. The molecule has 0 aliphatic heterocycles. The third kappa shape index (κ3) is 2.17. The Bertz CT molecular complexity index is 606. The van der Waals surface area contributed by atoms with Gasteiger partial charge in [-0.15, -0.1) is 0 Å². The smallest absolute Gasteiger partial charge is 0.276 e. The summed E-state index contributed by atoms with van der Waals surface area (Å²) in [4.78, 5) is 16.0. The van der Waals surface area contributed by atoms with Crippen molar-refractivity contribution in [2.24, 2.45) is 7.05 Å². The van der Waals surface area contributed by atoms with Gasteiger partial charge in [0.15, 0.2) is 11.5 Å². The Labute approximate surface area is 103 Å². The van der Waals surface area contributed by atoms with E-state index in [1.54, 1.807) is 24.6 Å². The summed E-state index contributed by atoms with van der Waals surface area (Å²) < 4.78 is 14.6. The van der Waals surface area contributed by atoms with Gasteiger partial charge in [-0.05, 0) is 25.1 Å². The summed E-state index contributed by atoms with van der Waals surface area (Å²) >= 11 is 0. The van der Waals surface area contributed by atoms with Crippen molar-refractivity contribution in [1.29, 1.82) is 0 Å². The van der Waals surface area contributed by atoms with E-state index in [4.69, 9.17) is 5.73 Å². The molecule has 0 saturated heterocycles. The Balaban J connectivity index is 2.27. The summed E-state index contributed by atoms with van der Waals surface area (Å²) in [6.45, 7) is 1.75. The van der Waals surface area contributed by atoms with Crippen molar-refractivity contribution in [2.45, 2.75) is 6.92 Å². The van der Waals surface area contributed by atoms with Gasteiger partial charge in [0, 0.05) is 12.7 Å². The van der Waals surface area contributed by atoms with Gasteiger partial charge in [0.1, 0.15) is 11.6 Å². The van der Waals surface area contributed by atoms with Crippen molar-refractivity contribution in [3.8, 4) is 0 Å². The average Bonchev–Trinajstić information content (AvgIpc) is 2.53. The van der Waals surface area contributed by atoms with Crippen LogP contribution >= 0.6 is 0 Å². The maximum absolute atomic E-state index is 13.0. The number of hydrogen-bond donors (Lipinski definition) is 2. The molecule has 5 nitrogen and oxygen atoms in total. The minimum absolute atomic E-state index is 0.156. The maximum Gasteiger partial charge on any atom is 0.276 e. The quantitative estimate of drug-likeness (QED) is 0.849. The fraction of sp³-hybridized carbons (Fsp3) is 0.167. The number of rotatable bonds is 2. The van der Waals surface area contributed by atoms with Crippen LogP contribution in [0, 0.1) is 12.7 Å². The lowest BCUT2D eigenvalue weighted by atomic mass is 10.3. The normalized spacial score (nSPS) is 10.4. The first-order valence-electron chi connectivity index (χ1n) is 5.34. The molecule has 2 aromatic rings. The second kappa shape index (κ2) is 4.48. The van der Waals surface area contributed by atoms with Gasteiger partial charge in [-0.25, -0.2) is 9.37 Å². The number of nitrogens with two attached hydrogens (primary N) is 1. The number of carbonyl (C=O) groups excluding carboxylic acids is 1. The number of amides is 1. The van der Waals surface area contributed by atoms with E-state index in [0.29, 0.717) is 11.5 Å². The molecule has 0 spiro atoms. The van der Waals surface area contributed by atoms with Gasteiger partial charge in [-0.1, -0.05) is 6.07 Å². The number of anilines is 2. The molecule has 94 valence electrons. The molecule has 6 heteroatoms. The molecule has 0 saturated carbocycles. The largest absolute Gasteiger partial charge is 0.382 e. The van der Waals surface area contributed by atoms with E-state index in [-0.39, 0.29) is 11.5 Å². The van der Waals surface area contributed by atoms with Crippen molar-refractivity contribution in [3.63, 3.8) is 0 Å². The Hall–Kier alpha value is -2.37. The van der Waals surface area contributed by atoms with Gasteiger partial charge >= 0.3 is 0 Å². The lowest BCUT2D eigenvalue weighted by molar-refractivity contribution is 0.102. The van der Waals surface area contributed by atoms with Crippen molar-refractivity contribution < 1.29 is 9.18 Å². The Morgan fingerprint density at radius 1 is 1.50 bits per heavy atom. The van der Waals surface area contributed by atoms with Crippen LogP contribution in [0.5, 0.6) is 0 Å². The van der Waals surface area contributed by atoms with Gasteiger partial charge in [-0.3, -0.25) is 4.79 Å². The molecule has 2 rings (SSSR count). The summed E-state index contributed by atoms with van der Waals surface area (Å²) in [5, 5.41) is 2.57. The zero-order valence-corrected chi connectivity index (χ0v) is 10.1. The third-order valence-electron chi connectivity index (χ3n) is 2.64. The highest BCUT2D eigenvalue weighted by atomic mass is 19.1. The number of aromatic nitrogens is 2. The van der Waals surface area contributed by atoms with E-state index in [9.17, 15) is 9.18 Å². The van der Waals surface area contributed by atoms with Crippen LogP contribution < -0.4 is 11.1 Å². The number of carbonyl (C=O) groups is 1. The molecule has 1 amide bonds. The summed E-state index contributed by atoms with van der Waals surface area (Å²) in [7, 11) is 1.69. The van der Waals surface area contributed by atoms with Crippen LogP contribution in [-0.2, 0) is 7.05 Å². The molecule has 0 fully saturated rings. The van der Waals surface area contributed by atoms with Crippen LogP contribution in [0.25, 0.3) is 0 Å². The SMILES string of the molecule is Cc1nc(N)c(C(=O)Nc2cccc(F)c2)n1C. The summed E-state index contributed by atoms with van der Waals surface area (Å²) in [5.41, 5.74) is 6.29. The minimum Gasteiger partial charge on any atom is -0.382 e. The maximum atomic E-state index is 13.0. The van der Waals surface area contributed by atoms with Crippen LogP contribution in [0.2, 0.25) is 0 Å². The lowest BCUT2D eigenvalue weighted by Crippen LogP contribution is -2.17. The van der Waals surface area contributed by atoms with Crippen LogP contribution in [0.1, 0.15) is 16.3 Å². The van der Waals surface area contributed by atoms with E-state index in [2.05, 4.69) is 10.3 Å². The highest BCUT2D eigenvalue weighted by molar-refractivity contribution is 6.06. The molecule has 0 unspecified atom stereocenters. The van der Waals surface area contributed by atoms with E-state index in [1.165, 1.54) is 18.2 Å². The average molecular weight is 248 g/mol. The van der Waals surface area contributed by atoms with E-state index in [0.717, 1.165) is 0 Å². The predicted molar refractivity (Wildman–Crippen MR) is 66.7 cm³/mol. The molecular formula is C12H13FN4O. The molecule has 1 heterocycles. The summed E-state index contributed by atoms with van der Waals surface area (Å²) in [6, 6.07) is 5.65. The number of nitrogens with one attached hydrogen (secondary N) is 1. The third-order valence-corrected chi connectivity index (χ3v) is 2.64. The van der Waals surface area contributed by atoms with Crippen LogP contribution in [0.3, 0.4) is 0 Å². The first kappa shape index (κ1) is 12.1. The summed E-state index contributed by atoms with van der Waals surface area (Å²) in [6.07, 6.45) is 0. The van der Waals surface area contributed by atoms with E-state index < -0.39 is 11.7 Å². The first-order valence-corrected chi connectivity index (χ1v) is 5.34. The van der Waals surface area contributed by atoms with Gasteiger partial charge in [-0.2, -0.15) is 0 Å². The Morgan fingerprint density at radius 3 is 2.78 bits per heavy atom. The topological polar surface area (TPSA) is 72.9 Å². The lowest BCUT2D eigenvalue weighted by Gasteiger charge is -2.06. The molecule has 0 atom stereocenters. The standard InChI is InChI=1S/C12H13FN4O/c1-7-15-11(14)10(17(7)2)12(18)16-9-5-3-4-8(13)6-9/h3-6H,14H2,1-2H3,(H,16,18). The van der Waals surface area contributed by atoms with E-state index >= 15 is 0 Å². The molecule has 1 aromatic heterocycles. The van der Waals surface area contributed by atoms with Gasteiger partial charge in [0.2, 0.25) is 0 Å². The highest BCUT2D eigenvalue weighted by Gasteiger charge is 2.17. The zero-order chi connectivity index (χ0) is 13.3. The first-order chi connectivity index (χ1) is 8.49. The van der Waals surface area contributed by atoms with Crippen LogP contribution in [0.4, 0.5) is 15.9 Å². The molecule has 3 N–H and O–H groups in total. The fourth-order valence-corrected chi connectivity index (χ4v) is 1.66. The Kier molecular flexibility index (Phi) is 3.01. The summed E-state index contributed by atoms with van der Waals surface area (Å²) in [5.74, 6) is -0.0380. The number of nitrogen functional groups attached to an aromatic ring is 1. The van der Waals surface area contributed by atoms with Crippen molar-refractivity contribution in [3.05, 3.63) is 41.6 Å².